The molecule has 2 aliphatic carbocycles. The third-order valence-corrected chi connectivity index (χ3v) is 5.30. The number of nitrogens with one attached hydrogen (secondary N) is 1. The van der Waals surface area contributed by atoms with Crippen molar-refractivity contribution in [2.24, 2.45) is 29.6 Å². The second kappa shape index (κ2) is 7.26. The van der Waals surface area contributed by atoms with Crippen molar-refractivity contribution >= 4 is 6.21 Å². The maximum Gasteiger partial charge on any atom is -0.00138 e. The third-order valence-electron chi connectivity index (χ3n) is 5.30. The molecule has 2 fully saturated rings. The van der Waals surface area contributed by atoms with Crippen molar-refractivity contribution in [3.63, 3.8) is 0 Å². The van der Waals surface area contributed by atoms with E-state index in [1.807, 2.05) is 0 Å². The van der Waals surface area contributed by atoms with Crippen LogP contribution in [0.2, 0.25) is 0 Å². The van der Waals surface area contributed by atoms with Gasteiger partial charge in [-0.05, 0) is 67.9 Å². The number of hydrogen-bond donors (Lipinski definition) is 1. The summed E-state index contributed by atoms with van der Waals surface area (Å²) in [7, 11) is 0. The Kier molecular flexibility index (Phi) is 5.66. The summed E-state index contributed by atoms with van der Waals surface area (Å²) < 4.78 is 0. The van der Waals surface area contributed by atoms with Gasteiger partial charge in [-0.3, -0.25) is 0 Å². The van der Waals surface area contributed by atoms with Crippen LogP contribution < -0.4 is 0 Å². The van der Waals surface area contributed by atoms with Gasteiger partial charge >= 0.3 is 0 Å². The molecule has 0 spiro atoms. The molecule has 1 heteroatoms. The van der Waals surface area contributed by atoms with Crippen LogP contribution in [0.25, 0.3) is 0 Å². The van der Waals surface area contributed by atoms with Gasteiger partial charge in [0, 0.05) is 0 Å². The van der Waals surface area contributed by atoms with Crippen LogP contribution in [0.4, 0.5) is 0 Å². The molecule has 5 unspecified atom stereocenters. The van der Waals surface area contributed by atoms with Gasteiger partial charge in [-0.15, -0.1) is 0 Å². The van der Waals surface area contributed by atoms with Crippen LogP contribution in [0.1, 0.15) is 65.2 Å². The normalized spacial score (nSPS) is 34.4. The van der Waals surface area contributed by atoms with E-state index in [0.29, 0.717) is 5.92 Å². The first-order chi connectivity index (χ1) is 9.26. The molecule has 2 rings (SSSR count). The zero-order valence-electron chi connectivity index (χ0n) is 12.8. The van der Waals surface area contributed by atoms with Crippen molar-refractivity contribution in [1.29, 1.82) is 5.41 Å². The summed E-state index contributed by atoms with van der Waals surface area (Å²) in [5.74, 6) is 4.36. The Balaban J connectivity index is 1.43. The van der Waals surface area contributed by atoms with Crippen LogP contribution in [-0.2, 0) is 0 Å². The van der Waals surface area contributed by atoms with E-state index in [2.05, 4.69) is 26.0 Å². The monoisotopic (exact) mass is 261 g/mol. The lowest BCUT2D eigenvalue weighted by molar-refractivity contribution is 0.504. The molecule has 1 nitrogen and oxygen atoms in total. The maximum absolute atomic E-state index is 7.26. The zero-order valence-corrected chi connectivity index (χ0v) is 12.8. The first-order valence-corrected chi connectivity index (χ1v) is 8.41. The van der Waals surface area contributed by atoms with Crippen molar-refractivity contribution in [2.45, 2.75) is 65.2 Å². The van der Waals surface area contributed by atoms with E-state index in [1.54, 1.807) is 6.21 Å². The second-order valence-corrected chi connectivity index (χ2v) is 6.86. The van der Waals surface area contributed by atoms with E-state index in [0.717, 1.165) is 23.7 Å². The van der Waals surface area contributed by atoms with Crippen LogP contribution in [0.5, 0.6) is 0 Å². The Morgan fingerprint density at radius 2 is 2.00 bits per heavy atom. The molecule has 0 aromatic carbocycles. The zero-order chi connectivity index (χ0) is 13.7. The molecule has 0 bridgehead atoms. The summed E-state index contributed by atoms with van der Waals surface area (Å²) in [6.07, 6.45) is 17.4. The lowest BCUT2D eigenvalue weighted by atomic mass is 10.00. The number of allylic oxidation sites excluding steroid dienone is 2. The quantitative estimate of drug-likeness (QED) is 0.307. The molecule has 0 saturated heterocycles. The highest BCUT2D eigenvalue weighted by Gasteiger charge is 2.38. The second-order valence-electron chi connectivity index (χ2n) is 6.86. The van der Waals surface area contributed by atoms with Gasteiger partial charge in [0.25, 0.3) is 0 Å². The van der Waals surface area contributed by atoms with Gasteiger partial charge in [0.2, 0.25) is 0 Å². The van der Waals surface area contributed by atoms with Crippen LogP contribution in [0, 0.1) is 35.0 Å². The van der Waals surface area contributed by atoms with Crippen LogP contribution in [-0.4, -0.2) is 6.21 Å². The van der Waals surface area contributed by atoms with E-state index in [1.165, 1.54) is 51.4 Å². The van der Waals surface area contributed by atoms with Gasteiger partial charge in [-0.2, -0.15) is 0 Å². The summed E-state index contributed by atoms with van der Waals surface area (Å²) in [5.41, 5.74) is 0. The Morgan fingerprint density at radius 3 is 2.63 bits per heavy atom. The SMILES string of the molecule is CCC1CC1CCCC/C=C\CC(C)C1CC1C=N. The minimum absolute atomic E-state index is 0.605. The Morgan fingerprint density at radius 1 is 1.16 bits per heavy atom. The third kappa shape index (κ3) is 4.78. The fourth-order valence-electron chi connectivity index (χ4n) is 3.52. The minimum atomic E-state index is 0.605. The predicted octanol–water partition coefficient (Wildman–Crippen LogP) is 5.46. The summed E-state index contributed by atoms with van der Waals surface area (Å²) in [6.45, 7) is 4.67. The fourth-order valence-corrected chi connectivity index (χ4v) is 3.52. The average molecular weight is 261 g/mol. The van der Waals surface area contributed by atoms with Gasteiger partial charge < -0.3 is 5.41 Å². The summed E-state index contributed by atoms with van der Waals surface area (Å²) in [4.78, 5) is 0. The van der Waals surface area contributed by atoms with Gasteiger partial charge in [-0.1, -0.05) is 45.3 Å². The molecule has 108 valence electrons. The number of hydrogen-bond acceptors (Lipinski definition) is 1. The van der Waals surface area contributed by atoms with Gasteiger partial charge in [0.15, 0.2) is 0 Å². The summed E-state index contributed by atoms with van der Waals surface area (Å²) in [6, 6.07) is 0. The van der Waals surface area contributed by atoms with Crippen molar-refractivity contribution in [3.8, 4) is 0 Å². The highest BCUT2D eigenvalue weighted by atomic mass is 14.5. The predicted molar refractivity (Wildman–Crippen MR) is 83.7 cm³/mol. The molecule has 0 aliphatic heterocycles. The van der Waals surface area contributed by atoms with Gasteiger partial charge in [0.1, 0.15) is 0 Å². The lowest BCUT2D eigenvalue weighted by Crippen LogP contribution is -1.97. The summed E-state index contributed by atoms with van der Waals surface area (Å²) >= 11 is 0. The van der Waals surface area contributed by atoms with E-state index < -0.39 is 0 Å². The largest absolute Gasteiger partial charge is 0.313 e. The smallest absolute Gasteiger partial charge is 0.00138 e. The van der Waals surface area contributed by atoms with Gasteiger partial charge in [0.05, 0.1) is 0 Å². The molecule has 5 atom stereocenters. The Hall–Kier alpha value is -0.590. The van der Waals surface area contributed by atoms with E-state index >= 15 is 0 Å². The standard InChI is InChI=1S/C18H31N/c1-3-15-11-16(15)10-8-6-4-5-7-9-14(2)18-12-17(18)13-19/h5,7,13-19H,3-4,6,8-12H2,1-2H3/b7-5-,19-13?. The molecule has 2 saturated carbocycles. The topological polar surface area (TPSA) is 23.9 Å². The molecular weight excluding hydrogens is 230 g/mol. The summed E-state index contributed by atoms with van der Waals surface area (Å²) in [5, 5.41) is 7.26. The van der Waals surface area contributed by atoms with Gasteiger partial charge in [-0.25, -0.2) is 0 Å². The molecule has 19 heavy (non-hydrogen) atoms. The van der Waals surface area contributed by atoms with E-state index in [4.69, 9.17) is 5.41 Å². The molecule has 1 N–H and O–H groups in total. The first kappa shape index (κ1) is 14.8. The number of unbranched alkanes of at least 4 members (excludes halogenated alkanes) is 2. The fraction of sp³-hybridized carbons (Fsp3) is 0.833. The highest BCUT2D eigenvalue weighted by molar-refractivity contribution is 5.61. The lowest BCUT2D eigenvalue weighted by Gasteiger charge is -2.06. The number of rotatable bonds is 10. The Bertz CT molecular complexity index is 307. The molecule has 0 radical (unpaired) electrons. The minimum Gasteiger partial charge on any atom is -0.313 e. The van der Waals surface area contributed by atoms with Crippen molar-refractivity contribution in [2.75, 3.05) is 0 Å². The van der Waals surface area contributed by atoms with Crippen LogP contribution >= 0.6 is 0 Å². The van der Waals surface area contributed by atoms with E-state index in [9.17, 15) is 0 Å². The Labute approximate surface area is 119 Å². The van der Waals surface area contributed by atoms with Crippen molar-refractivity contribution in [1.82, 2.24) is 0 Å². The molecule has 2 aliphatic rings. The van der Waals surface area contributed by atoms with E-state index in [-0.39, 0.29) is 0 Å². The van der Waals surface area contributed by atoms with Crippen LogP contribution in [0.15, 0.2) is 12.2 Å². The first-order valence-electron chi connectivity index (χ1n) is 8.41. The van der Waals surface area contributed by atoms with Crippen LogP contribution in [0.3, 0.4) is 0 Å². The molecule has 0 heterocycles. The molecule has 0 amide bonds. The maximum atomic E-state index is 7.26. The van der Waals surface area contributed by atoms with Crippen molar-refractivity contribution in [3.05, 3.63) is 12.2 Å². The average Bonchev–Trinajstić information content (AvgIpc) is 3.31. The van der Waals surface area contributed by atoms with Crippen molar-refractivity contribution < 1.29 is 0 Å². The molecule has 0 aromatic heterocycles. The molecule has 0 aromatic rings. The highest BCUT2D eigenvalue weighted by Crippen LogP contribution is 2.45. The molecular formula is C18H31N.